The minimum absolute atomic E-state index is 0.187. The van der Waals surface area contributed by atoms with Gasteiger partial charge in [-0.2, -0.15) is 0 Å². The van der Waals surface area contributed by atoms with Crippen LogP contribution in [0.3, 0.4) is 0 Å². The summed E-state index contributed by atoms with van der Waals surface area (Å²) in [7, 11) is 1.30. The molecule has 2 rings (SSSR count). The Morgan fingerprint density at radius 2 is 1.83 bits per heavy atom. The molecule has 1 aromatic carbocycles. The number of nitrogens with zero attached hydrogens (tertiary/aromatic N) is 2. The van der Waals surface area contributed by atoms with Crippen LogP contribution in [0.5, 0.6) is 0 Å². The van der Waals surface area contributed by atoms with Gasteiger partial charge < -0.3 is 4.90 Å². The monoisotopic (exact) mass is 330 g/mol. The highest BCUT2D eigenvalue weighted by molar-refractivity contribution is 7.85. The van der Waals surface area contributed by atoms with E-state index < -0.39 is 10.8 Å². The van der Waals surface area contributed by atoms with E-state index in [1.807, 2.05) is 36.5 Å². The minimum atomic E-state index is -0.791. The molecule has 0 aliphatic rings. The van der Waals surface area contributed by atoms with Gasteiger partial charge in [-0.3, -0.25) is 9.19 Å². The van der Waals surface area contributed by atoms with Crippen LogP contribution < -0.4 is 0 Å². The number of hydrogen-bond acceptors (Lipinski definition) is 3. The van der Waals surface area contributed by atoms with E-state index in [4.69, 9.17) is 0 Å². The number of benzene rings is 1. The first-order valence-corrected chi connectivity index (χ1v) is 9.53. The van der Waals surface area contributed by atoms with Crippen LogP contribution in [0.15, 0.2) is 54.7 Å². The standard InChI is InChI=1S/C19H26N2OS/c1-17(23(22)15-12-18-8-4-3-5-9-18)16-21(2)14-11-19-10-6-7-13-20-19/h3-10,13,17H,11-12,14-16H2,1-2H3/t17-,23+/m0/s1. The molecule has 23 heavy (non-hydrogen) atoms. The molecule has 0 N–H and O–H groups in total. The molecule has 0 unspecified atom stereocenters. The summed E-state index contributed by atoms with van der Waals surface area (Å²) >= 11 is 0. The van der Waals surface area contributed by atoms with Crippen molar-refractivity contribution in [2.24, 2.45) is 0 Å². The van der Waals surface area contributed by atoms with E-state index in [1.165, 1.54) is 5.56 Å². The van der Waals surface area contributed by atoms with Crippen molar-refractivity contribution in [1.29, 1.82) is 0 Å². The average molecular weight is 330 g/mol. The van der Waals surface area contributed by atoms with Crippen molar-refractivity contribution in [3.8, 4) is 0 Å². The topological polar surface area (TPSA) is 33.2 Å². The van der Waals surface area contributed by atoms with Crippen LogP contribution >= 0.6 is 0 Å². The SMILES string of the molecule is C[C@@H](CN(C)CCc1ccccn1)[S@](=O)CCc1ccccc1. The number of hydrogen-bond donors (Lipinski definition) is 0. The quantitative estimate of drug-likeness (QED) is 0.709. The highest BCUT2D eigenvalue weighted by Gasteiger charge is 2.13. The van der Waals surface area contributed by atoms with Gasteiger partial charge in [0.25, 0.3) is 0 Å². The molecule has 0 bridgehead atoms. The second-order valence-corrected chi connectivity index (χ2v) is 7.94. The number of rotatable bonds is 9. The second-order valence-electron chi connectivity index (χ2n) is 5.96. The number of pyridine rings is 1. The molecule has 124 valence electrons. The molecule has 0 spiro atoms. The van der Waals surface area contributed by atoms with Gasteiger partial charge >= 0.3 is 0 Å². The number of likely N-dealkylation sites (N-methyl/N-ethyl adjacent to an activating group) is 1. The van der Waals surface area contributed by atoms with E-state index >= 15 is 0 Å². The van der Waals surface area contributed by atoms with Gasteiger partial charge in [0, 0.05) is 53.2 Å². The molecule has 2 aromatic rings. The summed E-state index contributed by atoms with van der Waals surface area (Å²) < 4.78 is 12.4. The van der Waals surface area contributed by atoms with Crippen LogP contribution in [0.25, 0.3) is 0 Å². The van der Waals surface area contributed by atoms with E-state index in [0.717, 1.165) is 37.4 Å². The van der Waals surface area contributed by atoms with Gasteiger partial charge in [-0.15, -0.1) is 0 Å². The largest absolute Gasteiger partial charge is 0.305 e. The van der Waals surface area contributed by atoms with Crippen LogP contribution in [0, 0.1) is 0 Å². The third kappa shape index (κ3) is 6.63. The molecule has 3 nitrogen and oxygen atoms in total. The lowest BCUT2D eigenvalue weighted by molar-refractivity contribution is 0.340. The number of aromatic nitrogens is 1. The first kappa shape index (κ1) is 17.8. The van der Waals surface area contributed by atoms with Crippen LogP contribution in [-0.2, 0) is 23.6 Å². The lowest BCUT2D eigenvalue weighted by Gasteiger charge is -2.20. The Labute approximate surface area is 142 Å². The van der Waals surface area contributed by atoms with E-state index in [0.29, 0.717) is 0 Å². The summed E-state index contributed by atoms with van der Waals surface area (Å²) in [6.07, 6.45) is 3.65. The number of aryl methyl sites for hydroxylation is 1. The van der Waals surface area contributed by atoms with Crippen LogP contribution in [0.4, 0.5) is 0 Å². The van der Waals surface area contributed by atoms with Crippen molar-refractivity contribution in [3.63, 3.8) is 0 Å². The molecule has 0 aliphatic heterocycles. The molecule has 0 aliphatic carbocycles. The van der Waals surface area contributed by atoms with Crippen molar-refractivity contribution in [2.75, 3.05) is 25.9 Å². The first-order chi connectivity index (χ1) is 11.1. The van der Waals surface area contributed by atoms with Gasteiger partial charge in [0.2, 0.25) is 0 Å². The predicted molar refractivity (Wildman–Crippen MR) is 98.1 cm³/mol. The highest BCUT2D eigenvalue weighted by Crippen LogP contribution is 2.05. The molecule has 1 heterocycles. The Morgan fingerprint density at radius 1 is 1.09 bits per heavy atom. The maximum absolute atomic E-state index is 12.4. The molecular weight excluding hydrogens is 304 g/mol. The zero-order valence-corrected chi connectivity index (χ0v) is 14.8. The predicted octanol–water partition coefficient (Wildman–Crippen LogP) is 2.94. The fraction of sp³-hybridized carbons (Fsp3) is 0.421. The second kappa shape index (κ2) is 9.58. The molecule has 2 atom stereocenters. The molecule has 0 fully saturated rings. The fourth-order valence-electron chi connectivity index (χ4n) is 2.53. The zero-order chi connectivity index (χ0) is 16.5. The van der Waals surface area contributed by atoms with Gasteiger partial charge in [-0.05, 0) is 38.1 Å². The van der Waals surface area contributed by atoms with Crippen molar-refractivity contribution in [2.45, 2.75) is 25.0 Å². The summed E-state index contributed by atoms with van der Waals surface area (Å²) in [5.74, 6) is 0.735. The van der Waals surface area contributed by atoms with Gasteiger partial charge in [0.15, 0.2) is 0 Å². The normalized spacial score (nSPS) is 13.9. The maximum atomic E-state index is 12.4. The van der Waals surface area contributed by atoms with Crippen LogP contribution in [-0.4, -0.2) is 45.2 Å². The molecule has 4 heteroatoms. The lowest BCUT2D eigenvalue weighted by atomic mass is 10.2. The lowest BCUT2D eigenvalue weighted by Crippen LogP contribution is -2.32. The summed E-state index contributed by atoms with van der Waals surface area (Å²) in [5, 5.41) is 0.187. The van der Waals surface area contributed by atoms with Crippen LogP contribution in [0.2, 0.25) is 0 Å². The van der Waals surface area contributed by atoms with E-state index in [1.54, 1.807) is 0 Å². The summed E-state index contributed by atoms with van der Waals surface area (Å²) in [5.41, 5.74) is 2.37. The van der Waals surface area contributed by atoms with E-state index in [2.05, 4.69) is 42.1 Å². The third-order valence-corrected chi connectivity index (χ3v) is 5.58. The van der Waals surface area contributed by atoms with E-state index in [9.17, 15) is 4.21 Å². The Balaban J connectivity index is 1.70. The minimum Gasteiger partial charge on any atom is -0.305 e. The molecular formula is C19H26N2OS. The Hall–Kier alpha value is -1.52. The summed E-state index contributed by atoms with van der Waals surface area (Å²) in [6.45, 7) is 3.88. The van der Waals surface area contributed by atoms with E-state index in [-0.39, 0.29) is 5.25 Å². The fourth-order valence-corrected chi connectivity index (χ4v) is 3.79. The Kier molecular flexibility index (Phi) is 7.43. The third-order valence-electron chi connectivity index (χ3n) is 3.93. The molecule has 0 saturated carbocycles. The van der Waals surface area contributed by atoms with Crippen molar-refractivity contribution < 1.29 is 4.21 Å². The molecule has 0 radical (unpaired) electrons. The van der Waals surface area contributed by atoms with Gasteiger partial charge in [0.05, 0.1) is 0 Å². The summed E-state index contributed by atoms with van der Waals surface area (Å²) in [6, 6.07) is 16.3. The first-order valence-electron chi connectivity index (χ1n) is 8.14. The molecule has 0 amide bonds. The van der Waals surface area contributed by atoms with Crippen molar-refractivity contribution in [1.82, 2.24) is 9.88 Å². The average Bonchev–Trinajstić information content (AvgIpc) is 2.59. The van der Waals surface area contributed by atoms with Gasteiger partial charge in [-0.1, -0.05) is 36.4 Å². The van der Waals surface area contributed by atoms with Crippen molar-refractivity contribution >= 4 is 10.8 Å². The molecule has 1 aromatic heterocycles. The Morgan fingerprint density at radius 3 is 2.52 bits per heavy atom. The molecule has 0 saturated heterocycles. The van der Waals surface area contributed by atoms with Gasteiger partial charge in [0.1, 0.15) is 0 Å². The Bertz CT molecular complexity index is 589. The highest BCUT2D eigenvalue weighted by atomic mass is 32.2. The maximum Gasteiger partial charge on any atom is 0.0446 e. The van der Waals surface area contributed by atoms with Crippen molar-refractivity contribution in [3.05, 3.63) is 66.0 Å². The van der Waals surface area contributed by atoms with Crippen LogP contribution in [0.1, 0.15) is 18.2 Å². The van der Waals surface area contributed by atoms with Gasteiger partial charge in [-0.25, -0.2) is 0 Å². The zero-order valence-electron chi connectivity index (χ0n) is 14.0. The smallest absolute Gasteiger partial charge is 0.0446 e. The summed E-state index contributed by atoms with van der Waals surface area (Å²) in [4.78, 5) is 6.59.